The summed E-state index contributed by atoms with van der Waals surface area (Å²) in [6, 6.07) is 3.27. The highest BCUT2D eigenvalue weighted by Gasteiger charge is 2.32. The summed E-state index contributed by atoms with van der Waals surface area (Å²) in [4.78, 5) is 24.7. The molecule has 2 N–H and O–H groups in total. The van der Waals surface area contributed by atoms with Crippen LogP contribution in [0.15, 0.2) is 21.5 Å². The van der Waals surface area contributed by atoms with Gasteiger partial charge in [0.1, 0.15) is 4.32 Å². The third kappa shape index (κ3) is 4.28. The van der Waals surface area contributed by atoms with Crippen molar-refractivity contribution in [2.75, 3.05) is 13.2 Å². The van der Waals surface area contributed by atoms with Crippen molar-refractivity contribution in [2.24, 2.45) is 0 Å². The first kappa shape index (κ1) is 18.8. The summed E-state index contributed by atoms with van der Waals surface area (Å²) in [6.45, 7) is 2.23. The number of carboxylic acids is 1. The molecule has 9 heteroatoms. The number of phenols is 1. The van der Waals surface area contributed by atoms with Crippen LogP contribution in [0, 0.1) is 0 Å². The first-order valence-corrected chi connectivity index (χ1v) is 8.97. The lowest BCUT2D eigenvalue weighted by Crippen LogP contribution is -2.30. The van der Waals surface area contributed by atoms with Crippen molar-refractivity contribution in [1.29, 1.82) is 0 Å². The highest BCUT2D eigenvalue weighted by molar-refractivity contribution is 9.10. The van der Waals surface area contributed by atoms with E-state index in [1.807, 2.05) is 0 Å². The Morgan fingerprint density at radius 1 is 1.50 bits per heavy atom. The molecule has 24 heavy (non-hydrogen) atoms. The number of hydrogen-bond acceptors (Lipinski definition) is 6. The number of carbonyl (C=O) groups excluding carboxylic acids is 1. The van der Waals surface area contributed by atoms with Gasteiger partial charge in [0.25, 0.3) is 5.91 Å². The Hall–Kier alpha value is -1.58. The fourth-order valence-electron chi connectivity index (χ4n) is 1.99. The number of amides is 1. The van der Waals surface area contributed by atoms with Crippen LogP contribution in [0.2, 0.25) is 0 Å². The number of nitrogens with zero attached hydrogens (tertiary/aromatic N) is 1. The summed E-state index contributed by atoms with van der Waals surface area (Å²) >= 11 is 9.50. The third-order valence-corrected chi connectivity index (χ3v) is 5.05. The number of aromatic hydroxyl groups is 1. The molecule has 1 aliphatic heterocycles. The number of carboxylic acid groups (broad SMARTS) is 1. The summed E-state index contributed by atoms with van der Waals surface area (Å²) in [5, 5.41) is 18.7. The van der Waals surface area contributed by atoms with Gasteiger partial charge >= 0.3 is 5.97 Å². The van der Waals surface area contributed by atoms with Gasteiger partial charge in [-0.3, -0.25) is 14.5 Å². The van der Waals surface area contributed by atoms with Crippen LogP contribution in [0.4, 0.5) is 0 Å². The van der Waals surface area contributed by atoms with Crippen LogP contribution >= 0.6 is 39.9 Å². The van der Waals surface area contributed by atoms with E-state index in [9.17, 15) is 14.7 Å². The van der Waals surface area contributed by atoms with E-state index in [1.54, 1.807) is 25.1 Å². The van der Waals surface area contributed by atoms with E-state index < -0.39 is 5.97 Å². The minimum Gasteiger partial charge on any atom is -0.503 e. The summed E-state index contributed by atoms with van der Waals surface area (Å²) < 4.78 is 6.13. The smallest absolute Gasteiger partial charge is 0.305 e. The van der Waals surface area contributed by atoms with E-state index in [4.69, 9.17) is 22.1 Å². The maximum absolute atomic E-state index is 12.4. The zero-order valence-corrected chi connectivity index (χ0v) is 15.8. The summed E-state index contributed by atoms with van der Waals surface area (Å²) in [5.41, 5.74) is 0.654. The van der Waals surface area contributed by atoms with Crippen LogP contribution in [0.3, 0.4) is 0 Å². The van der Waals surface area contributed by atoms with Gasteiger partial charge in [0.15, 0.2) is 11.5 Å². The second-order valence-electron chi connectivity index (χ2n) is 4.76. The minimum absolute atomic E-state index is 0.0111. The number of thioether (sulfide) groups is 1. The minimum atomic E-state index is -0.989. The maximum atomic E-state index is 12.4. The maximum Gasteiger partial charge on any atom is 0.305 e. The van der Waals surface area contributed by atoms with E-state index >= 15 is 0 Å². The molecule has 1 aromatic rings. The predicted octanol–water partition coefficient (Wildman–Crippen LogP) is 3.23. The van der Waals surface area contributed by atoms with Crippen LogP contribution < -0.4 is 4.74 Å². The number of carbonyl (C=O) groups is 2. The van der Waals surface area contributed by atoms with Crippen LogP contribution in [-0.4, -0.2) is 44.5 Å². The van der Waals surface area contributed by atoms with E-state index in [-0.39, 0.29) is 24.6 Å². The van der Waals surface area contributed by atoms with E-state index in [0.717, 1.165) is 11.8 Å². The Morgan fingerprint density at radius 3 is 2.83 bits per heavy atom. The number of benzene rings is 1. The fraction of sp³-hybridized carbons (Fsp3) is 0.267. The second-order valence-corrected chi connectivity index (χ2v) is 7.29. The molecular formula is C15H14BrNO5S2. The second kappa shape index (κ2) is 8.00. The van der Waals surface area contributed by atoms with Crippen LogP contribution in [-0.2, 0) is 9.59 Å². The van der Waals surface area contributed by atoms with Gasteiger partial charge in [-0.15, -0.1) is 0 Å². The van der Waals surface area contributed by atoms with Gasteiger partial charge in [0.2, 0.25) is 0 Å². The molecule has 1 aromatic carbocycles. The molecule has 1 saturated heterocycles. The quantitative estimate of drug-likeness (QED) is 0.527. The van der Waals surface area contributed by atoms with E-state index in [1.165, 1.54) is 4.90 Å². The number of hydrogen-bond donors (Lipinski definition) is 2. The Bertz CT molecular complexity index is 735. The molecule has 0 spiro atoms. The lowest BCUT2D eigenvalue weighted by molar-refractivity contribution is -0.137. The van der Waals surface area contributed by atoms with Crippen molar-refractivity contribution >= 4 is 62.2 Å². The van der Waals surface area contributed by atoms with Crippen molar-refractivity contribution in [2.45, 2.75) is 13.3 Å². The molecule has 1 fully saturated rings. The number of ether oxygens (including phenoxy) is 1. The standard InChI is InChI=1S/C15H14BrNO5S2/c1-2-22-10-6-8(5-9(16)13(10)20)7-11-14(21)17(15(23)24-11)4-3-12(18)19/h5-7,20H,2-4H2,1H3,(H,18,19)/b11-7+. The zero-order valence-electron chi connectivity index (χ0n) is 12.6. The molecule has 0 saturated carbocycles. The molecule has 128 valence electrons. The number of phenolic OH excluding ortho intramolecular Hbond substituents is 1. The van der Waals surface area contributed by atoms with Crippen LogP contribution in [0.1, 0.15) is 18.9 Å². The fourth-order valence-corrected chi connectivity index (χ4v) is 3.76. The zero-order chi connectivity index (χ0) is 17.9. The van der Waals surface area contributed by atoms with Crippen molar-refractivity contribution < 1.29 is 24.5 Å². The van der Waals surface area contributed by atoms with E-state index in [0.29, 0.717) is 31.6 Å². The van der Waals surface area contributed by atoms with Gasteiger partial charge in [0.05, 0.1) is 22.4 Å². The number of thiocarbonyl (C=S) groups is 1. The molecule has 6 nitrogen and oxygen atoms in total. The molecule has 0 aromatic heterocycles. The molecule has 0 unspecified atom stereocenters. The van der Waals surface area contributed by atoms with Gasteiger partial charge in [-0.05, 0) is 46.6 Å². The molecular weight excluding hydrogens is 418 g/mol. The average molecular weight is 432 g/mol. The van der Waals surface area contributed by atoms with Gasteiger partial charge < -0.3 is 14.9 Å². The highest BCUT2D eigenvalue weighted by Crippen LogP contribution is 2.38. The molecule has 2 rings (SSSR count). The molecule has 0 radical (unpaired) electrons. The average Bonchev–Trinajstić information content (AvgIpc) is 2.76. The molecule has 0 bridgehead atoms. The largest absolute Gasteiger partial charge is 0.503 e. The summed E-state index contributed by atoms with van der Waals surface area (Å²) in [6.07, 6.45) is 1.46. The molecule has 0 aliphatic carbocycles. The molecule has 0 atom stereocenters. The van der Waals surface area contributed by atoms with Crippen molar-refractivity contribution in [3.05, 3.63) is 27.1 Å². The van der Waals surface area contributed by atoms with Crippen LogP contribution in [0.25, 0.3) is 6.08 Å². The van der Waals surface area contributed by atoms with Crippen molar-refractivity contribution in [1.82, 2.24) is 4.90 Å². The van der Waals surface area contributed by atoms with Gasteiger partial charge in [-0.2, -0.15) is 0 Å². The van der Waals surface area contributed by atoms with Gasteiger partial charge in [-0.25, -0.2) is 0 Å². The Morgan fingerprint density at radius 2 is 2.21 bits per heavy atom. The van der Waals surface area contributed by atoms with Crippen molar-refractivity contribution in [3.8, 4) is 11.5 Å². The lowest BCUT2D eigenvalue weighted by Gasteiger charge is -2.12. The predicted molar refractivity (Wildman–Crippen MR) is 99.1 cm³/mol. The first-order chi connectivity index (χ1) is 11.3. The molecule has 1 amide bonds. The summed E-state index contributed by atoms with van der Waals surface area (Å²) in [7, 11) is 0. The Kier molecular flexibility index (Phi) is 6.25. The topological polar surface area (TPSA) is 87.1 Å². The monoisotopic (exact) mass is 431 g/mol. The van der Waals surface area contributed by atoms with E-state index in [2.05, 4.69) is 15.9 Å². The Balaban J connectivity index is 2.27. The van der Waals surface area contributed by atoms with Crippen LogP contribution in [0.5, 0.6) is 11.5 Å². The number of aliphatic carboxylic acids is 1. The van der Waals surface area contributed by atoms with Gasteiger partial charge in [-0.1, -0.05) is 24.0 Å². The Labute approximate surface area is 156 Å². The lowest BCUT2D eigenvalue weighted by atomic mass is 10.2. The normalized spacial score (nSPS) is 16.1. The molecule has 1 heterocycles. The number of rotatable bonds is 6. The SMILES string of the molecule is CCOc1cc(/C=C2/SC(=S)N(CCC(=O)O)C2=O)cc(Br)c1O. The first-order valence-electron chi connectivity index (χ1n) is 6.96. The highest BCUT2D eigenvalue weighted by atomic mass is 79.9. The summed E-state index contributed by atoms with van der Waals surface area (Å²) in [5.74, 6) is -1.02. The third-order valence-electron chi connectivity index (χ3n) is 3.07. The van der Waals surface area contributed by atoms with Gasteiger partial charge in [0, 0.05) is 6.54 Å². The van der Waals surface area contributed by atoms with Crippen molar-refractivity contribution in [3.63, 3.8) is 0 Å². The molecule has 1 aliphatic rings. The number of halogens is 1.